The molecule has 2 aliphatic rings. The van der Waals surface area contributed by atoms with Crippen molar-refractivity contribution in [3.63, 3.8) is 0 Å². The van der Waals surface area contributed by atoms with Gasteiger partial charge in [-0.15, -0.1) is 0 Å². The SMILES string of the molecule is Fc1ccc(N2CCCNC(C3CCCCC3)C2)cc1Cl. The van der Waals surface area contributed by atoms with Gasteiger partial charge in [0, 0.05) is 24.8 Å². The van der Waals surface area contributed by atoms with Crippen molar-refractivity contribution in [2.24, 2.45) is 5.92 Å². The Bertz CT molecular complexity index is 474. The van der Waals surface area contributed by atoms with Crippen molar-refractivity contribution in [3.05, 3.63) is 29.0 Å². The van der Waals surface area contributed by atoms with Gasteiger partial charge in [-0.05, 0) is 49.9 Å². The average Bonchev–Trinajstić information content (AvgIpc) is 2.77. The Hall–Kier alpha value is -0.800. The second-order valence-electron chi connectivity index (χ2n) is 6.36. The van der Waals surface area contributed by atoms with Gasteiger partial charge in [0.1, 0.15) is 5.82 Å². The number of nitrogens with zero attached hydrogens (tertiary/aromatic N) is 1. The molecule has 1 aliphatic carbocycles. The topological polar surface area (TPSA) is 15.3 Å². The molecule has 1 aromatic carbocycles. The second-order valence-corrected chi connectivity index (χ2v) is 6.76. The number of hydrogen-bond donors (Lipinski definition) is 1. The van der Waals surface area contributed by atoms with E-state index in [1.54, 1.807) is 6.07 Å². The summed E-state index contributed by atoms with van der Waals surface area (Å²) in [7, 11) is 0. The number of rotatable bonds is 2. The normalized spacial score (nSPS) is 24.9. The Morgan fingerprint density at radius 2 is 1.95 bits per heavy atom. The first-order valence-corrected chi connectivity index (χ1v) is 8.55. The van der Waals surface area contributed by atoms with E-state index in [-0.39, 0.29) is 10.8 Å². The number of halogens is 2. The Kier molecular flexibility index (Phi) is 5.02. The molecule has 0 amide bonds. The summed E-state index contributed by atoms with van der Waals surface area (Å²) in [5.74, 6) is 0.451. The molecule has 1 saturated carbocycles. The van der Waals surface area contributed by atoms with Crippen LogP contribution in [0.15, 0.2) is 18.2 Å². The minimum Gasteiger partial charge on any atom is -0.370 e. The summed E-state index contributed by atoms with van der Waals surface area (Å²) in [6.45, 7) is 3.09. The summed E-state index contributed by atoms with van der Waals surface area (Å²) >= 11 is 5.94. The van der Waals surface area contributed by atoms with Crippen LogP contribution in [-0.2, 0) is 0 Å². The highest BCUT2D eigenvalue weighted by Gasteiger charge is 2.27. The largest absolute Gasteiger partial charge is 0.370 e. The van der Waals surface area contributed by atoms with Crippen LogP contribution in [-0.4, -0.2) is 25.7 Å². The lowest BCUT2D eigenvalue weighted by Crippen LogP contribution is -2.43. The summed E-state index contributed by atoms with van der Waals surface area (Å²) in [6, 6.07) is 5.65. The Morgan fingerprint density at radius 1 is 1.14 bits per heavy atom. The molecule has 0 bridgehead atoms. The lowest BCUT2D eigenvalue weighted by Gasteiger charge is -2.33. The van der Waals surface area contributed by atoms with E-state index in [0.717, 1.165) is 37.7 Å². The standard InChI is InChI=1S/C17H24ClFN2/c18-15-11-14(7-8-16(15)19)21-10-4-9-20-17(12-21)13-5-2-1-3-6-13/h7-8,11,13,17,20H,1-6,9-10,12H2. The number of anilines is 1. The van der Waals surface area contributed by atoms with Crippen LogP contribution in [0.3, 0.4) is 0 Å². The minimum atomic E-state index is -0.336. The van der Waals surface area contributed by atoms with E-state index in [2.05, 4.69) is 10.2 Å². The highest BCUT2D eigenvalue weighted by Crippen LogP contribution is 2.29. The monoisotopic (exact) mass is 310 g/mol. The first-order valence-electron chi connectivity index (χ1n) is 8.17. The summed E-state index contributed by atoms with van der Waals surface area (Å²) in [5.41, 5.74) is 1.05. The maximum absolute atomic E-state index is 13.4. The summed E-state index contributed by atoms with van der Waals surface area (Å²) in [5, 5.41) is 3.95. The first-order chi connectivity index (χ1) is 10.2. The van der Waals surface area contributed by atoms with Crippen LogP contribution in [0.1, 0.15) is 38.5 Å². The van der Waals surface area contributed by atoms with E-state index in [1.165, 1.54) is 38.2 Å². The van der Waals surface area contributed by atoms with Gasteiger partial charge in [0.2, 0.25) is 0 Å². The van der Waals surface area contributed by atoms with Gasteiger partial charge in [-0.2, -0.15) is 0 Å². The van der Waals surface area contributed by atoms with Gasteiger partial charge in [-0.25, -0.2) is 4.39 Å². The zero-order chi connectivity index (χ0) is 14.7. The fourth-order valence-corrected chi connectivity index (χ4v) is 3.89. The molecular formula is C17H24ClFN2. The smallest absolute Gasteiger partial charge is 0.141 e. The Balaban J connectivity index is 1.73. The van der Waals surface area contributed by atoms with Crippen LogP contribution < -0.4 is 10.2 Å². The van der Waals surface area contributed by atoms with Gasteiger partial charge in [0.05, 0.1) is 5.02 Å². The van der Waals surface area contributed by atoms with E-state index < -0.39 is 0 Å². The highest BCUT2D eigenvalue weighted by molar-refractivity contribution is 6.31. The van der Waals surface area contributed by atoms with Crippen molar-refractivity contribution in [1.29, 1.82) is 0 Å². The summed E-state index contributed by atoms with van der Waals surface area (Å²) in [6.07, 6.45) is 7.93. The third-order valence-electron chi connectivity index (χ3n) is 4.92. The van der Waals surface area contributed by atoms with Crippen molar-refractivity contribution >= 4 is 17.3 Å². The third-order valence-corrected chi connectivity index (χ3v) is 5.21. The molecule has 1 saturated heterocycles. The van der Waals surface area contributed by atoms with Crippen LogP contribution in [0.2, 0.25) is 5.02 Å². The van der Waals surface area contributed by atoms with Crippen molar-refractivity contribution in [1.82, 2.24) is 5.32 Å². The molecule has 3 rings (SSSR count). The molecule has 0 spiro atoms. The molecule has 2 nitrogen and oxygen atoms in total. The van der Waals surface area contributed by atoms with Crippen LogP contribution >= 0.6 is 11.6 Å². The Morgan fingerprint density at radius 3 is 2.71 bits per heavy atom. The maximum Gasteiger partial charge on any atom is 0.141 e. The fraction of sp³-hybridized carbons (Fsp3) is 0.647. The quantitative estimate of drug-likeness (QED) is 0.879. The molecule has 116 valence electrons. The first kappa shape index (κ1) is 15.1. The van der Waals surface area contributed by atoms with Crippen LogP contribution in [0, 0.1) is 11.7 Å². The molecule has 1 unspecified atom stereocenters. The highest BCUT2D eigenvalue weighted by atomic mass is 35.5. The molecule has 1 aliphatic heterocycles. The van der Waals surface area contributed by atoms with E-state index in [4.69, 9.17) is 11.6 Å². The van der Waals surface area contributed by atoms with Crippen molar-refractivity contribution in [3.8, 4) is 0 Å². The number of benzene rings is 1. The zero-order valence-electron chi connectivity index (χ0n) is 12.5. The predicted molar refractivity (Wildman–Crippen MR) is 86.6 cm³/mol. The Labute approximate surface area is 131 Å². The number of hydrogen-bond acceptors (Lipinski definition) is 2. The van der Waals surface area contributed by atoms with Gasteiger partial charge < -0.3 is 10.2 Å². The molecule has 1 aromatic rings. The van der Waals surface area contributed by atoms with Crippen molar-refractivity contribution < 1.29 is 4.39 Å². The molecular weight excluding hydrogens is 287 g/mol. The summed E-state index contributed by atoms with van der Waals surface area (Å²) < 4.78 is 13.4. The van der Waals surface area contributed by atoms with Gasteiger partial charge in [-0.3, -0.25) is 0 Å². The molecule has 1 N–H and O–H groups in total. The van der Waals surface area contributed by atoms with Gasteiger partial charge in [0.15, 0.2) is 0 Å². The molecule has 0 radical (unpaired) electrons. The van der Waals surface area contributed by atoms with Crippen molar-refractivity contribution in [2.45, 2.75) is 44.6 Å². The minimum absolute atomic E-state index is 0.221. The van der Waals surface area contributed by atoms with E-state index >= 15 is 0 Å². The fourth-order valence-electron chi connectivity index (χ4n) is 3.72. The van der Waals surface area contributed by atoms with E-state index in [9.17, 15) is 4.39 Å². The van der Waals surface area contributed by atoms with Gasteiger partial charge in [-0.1, -0.05) is 30.9 Å². The van der Waals surface area contributed by atoms with Gasteiger partial charge >= 0.3 is 0 Å². The number of nitrogens with one attached hydrogen (secondary N) is 1. The second kappa shape index (κ2) is 6.97. The van der Waals surface area contributed by atoms with E-state index in [1.807, 2.05) is 6.07 Å². The van der Waals surface area contributed by atoms with Crippen LogP contribution in [0.5, 0.6) is 0 Å². The lowest BCUT2D eigenvalue weighted by atomic mass is 9.83. The van der Waals surface area contributed by atoms with Gasteiger partial charge in [0.25, 0.3) is 0 Å². The molecule has 21 heavy (non-hydrogen) atoms. The average molecular weight is 311 g/mol. The summed E-state index contributed by atoms with van der Waals surface area (Å²) in [4.78, 5) is 2.37. The van der Waals surface area contributed by atoms with Crippen molar-refractivity contribution in [2.75, 3.05) is 24.5 Å². The lowest BCUT2D eigenvalue weighted by molar-refractivity contribution is 0.277. The van der Waals surface area contributed by atoms with E-state index in [0.29, 0.717) is 6.04 Å². The zero-order valence-corrected chi connectivity index (χ0v) is 13.2. The molecule has 2 fully saturated rings. The van der Waals surface area contributed by atoms with Crippen LogP contribution in [0.25, 0.3) is 0 Å². The third kappa shape index (κ3) is 3.70. The molecule has 0 aromatic heterocycles. The molecule has 4 heteroatoms. The molecule has 1 heterocycles. The predicted octanol–water partition coefficient (Wildman–Crippen LogP) is 4.23. The molecule has 1 atom stereocenters. The van der Waals surface area contributed by atoms with Crippen LogP contribution in [0.4, 0.5) is 10.1 Å². The maximum atomic E-state index is 13.4.